The molecule has 4 nitrogen and oxygen atoms in total. The van der Waals surface area contributed by atoms with Crippen LogP contribution >= 0.6 is 0 Å². The molecule has 1 rings (SSSR count). The van der Waals surface area contributed by atoms with Crippen molar-refractivity contribution in [2.24, 2.45) is 0 Å². The number of esters is 1. The van der Waals surface area contributed by atoms with E-state index in [2.05, 4.69) is 11.9 Å². The van der Waals surface area contributed by atoms with Crippen molar-refractivity contribution in [3.63, 3.8) is 0 Å². The van der Waals surface area contributed by atoms with Gasteiger partial charge in [-0.25, -0.2) is 4.79 Å². The zero-order chi connectivity index (χ0) is 12.0. The van der Waals surface area contributed by atoms with E-state index >= 15 is 0 Å². The summed E-state index contributed by atoms with van der Waals surface area (Å²) < 4.78 is 5.04. The summed E-state index contributed by atoms with van der Waals surface area (Å²) in [6, 6.07) is 0. The molecule has 0 aromatic carbocycles. The maximum absolute atomic E-state index is 11.9. The van der Waals surface area contributed by atoms with Gasteiger partial charge in [0.15, 0.2) is 0 Å². The van der Waals surface area contributed by atoms with Crippen LogP contribution in [0.15, 0.2) is 12.7 Å². The molecule has 1 fully saturated rings. The van der Waals surface area contributed by atoms with Gasteiger partial charge in [-0.3, -0.25) is 4.79 Å². The van der Waals surface area contributed by atoms with Crippen LogP contribution in [0, 0.1) is 0 Å². The van der Waals surface area contributed by atoms with Crippen molar-refractivity contribution >= 4 is 11.9 Å². The molecule has 0 aromatic rings. The number of nitrogens with one attached hydrogen (secondary N) is 1. The quantitative estimate of drug-likeness (QED) is 0.583. The first-order valence-corrected chi connectivity index (χ1v) is 5.74. The summed E-state index contributed by atoms with van der Waals surface area (Å²) in [7, 11) is 0. The molecule has 90 valence electrons. The molecule has 0 aliphatic carbocycles. The maximum Gasteiger partial charge on any atom is 0.332 e. The van der Waals surface area contributed by atoms with Crippen molar-refractivity contribution in [2.45, 2.75) is 44.6 Å². The third kappa shape index (κ3) is 2.84. The Labute approximate surface area is 96.0 Å². The molecule has 1 saturated heterocycles. The lowest BCUT2D eigenvalue weighted by Crippen LogP contribution is -2.54. The predicted octanol–water partition coefficient (Wildman–Crippen LogP) is 1.55. The van der Waals surface area contributed by atoms with Gasteiger partial charge in [0, 0.05) is 6.42 Å². The van der Waals surface area contributed by atoms with E-state index in [-0.39, 0.29) is 11.9 Å². The summed E-state index contributed by atoms with van der Waals surface area (Å²) in [6.07, 6.45) is 4.87. The molecule has 1 amide bonds. The Morgan fingerprint density at radius 3 is 3.00 bits per heavy atom. The van der Waals surface area contributed by atoms with Crippen molar-refractivity contribution < 1.29 is 14.3 Å². The Morgan fingerprint density at radius 2 is 2.38 bits per heavy atom. The highest BCUT2D eigenvalue weighted by Crippen LogP contribution is 2.25. The molecule has 1 N–H and O–H groups in total. The number of hydrogen-bond acceptors (Lipinski definition) is 3. The molecule has 0 radical (unpaired) electrons. The van der Waals surface area contributed by atoms with Crippen LogP contribution in [0.3, 0.4) is 0 Å². The third-order valence-electron chi connectivity index (χ3n) is 2.80. The lowest BCUT2D eigenvalue weighted by atomic mass is 9.90. The first-order valence-electron chi connectivity index (χ1n) is 5.74. The van der Waals surface area contributed by atoms with Crippen LogP contribution in [-0.4, -0.2) is 24.0 Å². The van der Waals surface area contributed by atoms with E-state index in [0.717, 1.165) is 12.8 Å². The summed E-state index contributed by atoms with van der Waals surface area (Å²) in [5.74, 6) is -0.419. The predicted molar refractivity (Wildman–Crippen MR) is 60.8 cm³/mol. The van der Waals surface area contributed by atoms with Crippen LogP contribution in [0.2, 0.25) is 0 Å². The van der Waals surface area contributed by atoms with Crippen LogP contribution in [0.1, 0.15) is 39.0 Å². The number of rotatable bonds is 4. The first-order chi connectivity index (χ1) is 7.64. The summed E-state index contributed by atoms with van der Waals surface area (Å²) in [6.45, 7) is 5.73. The SMILES string of the molecule is C=CC[C@@]1(C(=O)OCC)CCCCC(=O)N1. The number of hydrogen-bond donors (Lipinski definition) is 1. The fraction of sp³-hybridized carbons (Fsp3) is 0.667. The van der Waals surface area contributed by atoms with E-state index in [9.17, 15) is 9.59 Å². The lowest BCUT2D eigenvalue weighted by molar-refractivity contribution is -0.153. The van der Waals surface area contributed by atoms with Gasteiger partial charge in [0.1, 0.15) is 5.54 Å². The summed E-state index contributed by atoms with van der Waals surface area (Å²) in [4.78, 5) is 23.5. The fourth-order valence-corrected chi connectivity index (χ4v) is 2.01. The first kappa shape index (κ1) is 12.7. The van der Waals surface area contributed by atoms with E-state index in [1.165, 1.54) is 0 Å². The second-order valence-corrected chi connectivity index (χ2v) is 4.05. The molecule has 1 aliphatic rings. The topological polar surface area (TPSA) is 55.4 Å². The highest BCUT2D eigenvalue weighted by atomic mass is 16.5. The van der Waals surface area contributed by atoms with Crippen molar-refractivity contribution in [1.82, 2.24) is 5.32 Å². The van der Waals surface area contributed by atoms with Crippen LogP contribution in [0.5, 0.6) is 0 Å². The van der Waals surface area contributed by atoms with Gasteiger partial charge in [0.2, 0.25) is 5.91 Å². The maximum atomic E-state index is 11.9. The largest absolute Gasteiger partial charge is 0.464 e. The van der Waals surface area contributed by atoms with E-state index in [1.807, 2.05) is 0 Å². The zero-order valence-electron chi connectivity index (χ0n) is 9.75. The molecule has 16 heavy (non-hydrogen) atoms. The molecule has 0 aromatic heterocycles. The van der Waals surface area contributed by atoms with E-state index in [4.69, 9.17) is 4.74 Å². The highest BCUT2D eigenvalue weighted by molar-refractivity contribution is 5.88. The Bertz CT molecular complexity index is 288. The highest BCUT2D eigenvalue weighted by Gasteiger charge is 2.40. The standard InChI is InChI=1S/C12H19NO3/c1-3-8-12(11(15)16-4-2)9-6-5-7-10(14)13-12/h3H,1,4-9H2,2H3,(H,13,14)/t12-/m0/s1. The van der Waals surface area contributed by atoms with Gasteiger partial charge in [-0.15, -0.1) is 6.58 Å². The average Bonchev–Trinajstić information content (AvgIpc) is 2.42. The number of carbonyl (C=O) groups excluding carboxylic acids is 2. The van der Waals surface area contributed by atoms with Gasteiger partial charge in [0.25, 0.3) is 0 Å². The van der Waals surface area contributed by atoms with Crippen LogP contribution in [0.25, 0.3) is 0 Å². The van der Waals surface area contributed by atoms with Crippen LogP contribution in [0.4, 0.5) is 0 Å². The van der Waals surface area contributed by atoms with Crippen LogP contribution < -0.4 is 5.32 Å². The molecule has 0 unspecified atom stereocenters. The van der Waals surface area contributed by atoms with Gasteiger partial charge in [-0.05, 0) is 32.6 Å². The van der Waals surface area contributed by atoms with E-state index in [0.29, 0.717) is 25.9 Å². The third-order valence-corrected chi connectivity index (χ3v) is 2.80. The lowest BCUT2D eigenvalue weighted by Gasteiger charge is -2.29. The van der Waals surface area contributed by atoms with Gasteiger partial charge >= 0.3 is 5.97 Å². The minimum Gasteiger partial charge on any atom is -0.464 e. The monoisotopic (exact) mass is 225 g/mol. The minimum absolute atomic E-state index is 0.0765. The van der Waals surface area contributed by atoms with Gasteiger partial charge < -0.3 is 10.1 Å². The second-order valence-electron chi connectivity index (χ2n) is 4.05. The summed E-state index contributed by atoms with van der Waals surface area (Å²) in [5.41, 5.74) is -0.884. The van der Waals surface area contributed by atoms with Crippen molar-refractivity contribution in [2.75, 3.05) is 6.61 Å². The Hall–Kier alpha value is -1.32. The van der Waals surface area contributed by atoms with Crippen molar-refractivity contribution in [3.05, 3.63) is 12.7 Å². The molecule has 1 atom stereocenters. The Balaban J connectivity index is 2.87. The number of amides is 1. The molecule has 0 bridgehead atoms. The minimum atomic E-state index is -0.884. The molecule has 0 saturated carbocycles. The average molecular weight is 225 g/mol. The smallest absolute Gasteiger partial charge is 0.332 e. The Kier molecular flexibility index (Phi) is 4.52. The number of carbonyl (C=O) groups is 2. The molecule has 0 spiro atoms. The molecule has 4 heteroatoms. The zero-order valence-corrected chi connectivity index (χ0v) is 9.75. The van der Waals surface area contributed by atoms with Crippen molar-refractivity contribution in [3.8, 4) is 0 Å². The normalized spacial score (nSPS) is 25.4. The number of ether oxygens (including phenoxy) is 1. The summed E-state index contributed by atoms with van der Waals surface area (Å²) in [5, 5.41) is 2.79. The summed E-state index contributed by atoms with van der Waals surface area (Å²) >= 11 is 0. The van der Waals surface area contributed by atoms with E-state index < -0.39 is 5.54 Å². The van der Waals surface area contributed by atoms with Gasteiger partial charge in [-0.2, -0.15) is 0 Å². The van der Waals surface area contributed by atoms with Gasteiger partial charge in [0.05, 0.1) is 6.61 Å². The second kappa shape index (κ2) is 5.68. The Morgan fingerprint density at radius 1 is 1.62 bits per heavy atom. The molecule has 1 heterocycles. The van der Waals surface area contributed by atoms with Crippen LogP contribution in [-0.2, 0) is 14.3 Å². The molecular formula is C12H19NO3. The molecule has 1 aliphatic heterocycles. The molecular weight excluding hydrogens is 206 g/mol. The fourth-order valence-electron chi connectivity index (χ4n) is 2.01. The van der Waals surface area contributed by atoms with Gasteiger partial charge in [-0.1, -0.05) is 6.08 Å². The van der Waals surface area contributed by atoms with Crippen molar-refractivity contribution in [1.29, 1.82) is 0 Å². The van der Waals surface area contributed by atoms with E-state index in [1.54, 1.807) is 13.0 Å².